The Morgan fingerprint density at radius 2 is 2.19 bits per heavy atom. The Kier molecular flexibility index (Phi) is 3.00. The van der Waals surface area contributed by atoms with Gasteiger partial charge in [-0.15, -0.1) is 11.3 Å². The second-order valence-electron chi connectivity index (χ2n) is 5.27. The molecule has 1 aromatic carbocycles. The fraction of sp³-hybridized carbons (Fsp3) is 0.250. The highest BCUT2D eigenvalue weighted by atomic mass is 32.1. The van der Waals surface area contributed by atoms with E-state index in [2.05, 4.69) is 9.97 Å². The zero-order valence-corrected chi connectivity index (χ0v) is 12.3. The van der Waals surface area contributed by atoms with E-state index < -0.39 is 0 Å². The van der Waals surface area contributed by atoms with E-state index in [0.717, 1.165) is 41.1 Å². The van der Waals surface area contributed by atoms with Crippen LogP contribution in [-0.4, -0.2) is 27.3 Å². The van der Waals surface area contributed by atoms with Crippen LogP contribution >= 0.6 is 11.3 Å². The summed E-state index contributed by atoms with van der Waals surface area (Å²) in [5, 5.41) is 1.94. The third-order valence-corrected chi connectivity index (χ3v) is 4.83. The number of aromatic nitrogens is 2. The molecule has 0 radical (unpaired) electrons. The quantitative estimate of drug-likeness (QED) is 0.785. The monoisotopic (exact) mass is 297 g/mol. The standard InChI is InChI=1S/C16H15N3OS/c20-16(14-8-4-10-21-14)19-9-3-7-13(19)15-17-11-5-1-2-6-12(11)18-15/h1-2,4-6,8,10,13H,3,7,9H2,(H,17,18)/t13-/m0/s1. The summed E-state index contributed by atoms with van der Waals surface area (Å²) in [6.07, 6.45) is 2.00. The van der Waals surface area contributed by atoms with Crippen molar-refractivity contribution >= 4 is 28.3 Å². The van der Waals surface area contributed by atoms with Crippen LogP contribution in [0.4, 0.5) is 0 Å². The van der Waals surface area contributed by atoms with Crippen LogP contribution in [0.1, 0.15) is 34.4 Å². The number of hydrogen-bond acceptors (Lipinski definition) is 3. The Morgan fingerprint density at radius 1 is 1.29 bits per heavy atom. The predicted molar refractivity (Wildman–Crippen MR) is 83.4 cm³/mol. The zero-order chi connectivity index (χ0) is 14.2. The van der Waals surface area contributed by atoms with Gasteiger partial charge in [0.05, 0.1) is 22.0 Å². The van der Waals surface area contributed by atoms with Crippen LogP contribution in [0.2, 0.25) is 0 Å². The van der Waals surface area contributed by atoms with E-state index in [4.69, 9.17) is 0 Å². The van der Waals surface area contributed by atoms with Crippen LogP contribution in [0.25, 0.3) is 11.0 Å². The van der Waals surface area contributed by atoms with Crippen molar-refractivity contribution in [1.29, 1.82) is 0 Å². The molecule has 21 heavy (non-hydrogen) atoms. The molecule has 1 aliphatic rings. The number of nitrogens with one attached hydrogen (secondary N) is 1. The Labute approximate surface area is 126 Å². The number of carbonyl (C=O) groups is 1. The number of fused-ring (bicyclic) bond motifs is 1. The second-order valence-corrected chi connectivity index (χ2v) is 6.22. The van der Waals surface area contributed by atoms with Crippen LogP contribution in [-0.2, 0) is 0 Å². The zero-order valence-electron chi connectivity index (χ0n) is 11.5. The molecule has 0 spiro atoms. The lowest BCUT2D eigenvalue weighted by atomic mass is 10.2. The third-order valence-electron chi connectivity index (χ3n) is 3.97. The summed E-state index contributed by atoms with van der Waals surface area (Å²) >= 11 is 1.50. The number of imidazole rings is 1. The van der Waals surface area contributed by atoms with Gasteiger partial charge in [0.25, 0.3) is 5.91 Å². The molecule has 1 amide bonds. The minimum absolute atomic E-state index is 0.0620. The Hall–Kier alpha value is -2.14. The second kappa shape index (κ2) is 5.00. The number of para-hydroxylation sites is 2. The number of benzene rings is 1. The number of nitrogens with zero attached hydrogens (tertiary/aromatic N) is 2. The molecule has 4 nitrogen and oxygen atoms in total. The molecule has 1 saturated heterocycles. The Balaban J connectivity index is 1.68. The first-order valence-corrected chi connectivity index (χ1v) is 8.00. The molecule has 1 aliphatic heterocycles. The van der Waals surface area contributed by atoms with Gasteiger partial charge in [0.15, 0.2) is 0 Å². The lowest BCUT2D eigenvalue weighted by molar-refractivity contribution is 0.0735. The van der Waals surface area contributed by atoms with Gasteiger partial charge in [-0.3, -0.25) is 4.79 Å². The molecule has 0 aliphatic carbocycles. The lowest BCUT2D eigenvalue weighted by Crippen LogP contribution is -2.30. The molecule has 5 heteroatoms. The van der Waals surface area contributed by atoms with Crippen LogP contribution in [0.15, 0.2) is 41.8 Å². The highest BCUT2D eigenvalue weighted by Gasteiger charge is 2.32. The number of thiophene rings is 1. The molecule has 1 atom stereocenters. The molecule has 1 N–H and O–H groups in total. The van der Waals surface area contributed by atoms with E-state index in [1.54, 1.807) is 0 Å². The van der Waals surface area contributed by atoms with Crippen molar-refractivity contribution in [3.05, 3.63) is 52.5 Å². The van der Waals surface area contributed by atoms with Crippen molar-refractivity contribution in [3.8, 4) is 0 Å². The van der Waals surface area contributed by atoms with Gasteiger partial charge in [-0.25, -0.2) is 4.98 Å². The molecule has 106 valence electrons. The smallest absolute Gasteiger partial charge is 0.264 e. The number of carbonyl (C=O) groups excluding carboxylic acids is 1. The Morgan fingerprint density at radius 3 is 3.00 bits per heavy atom. The van der Waals surface area contributed by atoms with Crippen molar-refractivity contribution in [2.75, 3.05) is 6.54 Å². The third kappa shape index (κ3) is 2.14. The van der Waals surface area contributed by atoms with Gasteiger partial charge in [-0.2, -0.15) is 0 Å². The lowest BCUT2D eigenvalue weighted by Gasteiger charge is -2.22. The first-order chi connectivity index (χ1) is 10.3. The first kappa shape index (κ1) is 12.6. The number of amides is 1. The van der Waals surface area contributed by atoms with E-state index in [9.17, 15) is 4.79 Å². The topological polar surface area (TPSA) is 49.0 Å². The van der Waals surface area contributed by atoms with Gasteiger partial charge in [0.2, 0.25) is 0 Å². The van der Waals surface area contributed by atoms with Gasteiger partial charge < -0.3 is 9.88 Å². The van der Waals surface area contributed by atoms with Crippen LogP contribution in [0.3, 0.4) is 0 Å². The summed E-state index contributed by atoms with van der Waals surface area (Å²) in [6.45, 7) is 0.804. The fourth-order valence-corrected chi connectivity index (χ4v) is 3.65. The van der Waals surface area contributed by atoms with Crippen LogP contribution in [0, 0.1) is 0 Å². The average Bonchev–Trinajstić information content (AvgIpc) is 3.24. The summed E-state index contributed by atoms with van der Waals surface area (Å²) in [5.41, 5.74) is 1.99. The van der Waals surface area contributed by atoms with Crippen molar-refractivity contribution in [1.82, 2.24) is 14.9 Å². The fourth-order valence-electron chi connectivity index (χ4n) is 2.97. The number of aromatic amines is 1. The molecule has 0 bridgehead atoms. The average molecular weight is 297 g/mol. The largest absolute Gasteiger partial charge is 0.340 e. The maximum Gasteiger partial charge on any atom is 0.264 e. The summed E-state index contributed by atoms with van der Waals surface area (Å²) in [6, 6.07) is 11.9. The summed E-state index contributed by atoms with van der Waals surface area (Å²) in [4.78, 5) is 23.4. The maximum atomic E-state index is 12.6. The molecule has 2 aromatic heterocycles. The highest BCUT2D eigenvalue weighted by molar-refractivity contribution is 7.12. The highest BCUT2D eigenvalue weighted by Crippen LogP contribution is 2.33. The van der Waals surface area contributed by atoms with Gasteiger partial charge in [0.1, 0.15) is 5.82 Å². The molecule has 0 saturated carbocycles. The molecule has 1 fully saturated rings. The van der Waals surface area contributed by atoms with Gasteiger partial charge in [-0.1, -0.05) is 18.2 Å². The summed E-state index contributed by atoms with van der Waals surface area (Å²) in [7, 11) is 0. The van der Waals surface area contributed by atoms with Gasteiger partial charge >= 0.3 is 0 Å². The van der Waals surface area contributed by atoms with E-state index in [1.165, 1.54) is 11.3 Å². The molecule has 4 rings (SSSR count). The van der Waals surface area contributed by atoms with E-state index >= 15 is 0 Å². The van der Waals surface area contributed by atoms with Crippen LogP contribution < -0.4 is 0 Å². The SMILES string of the molecule is O=C(c1cccs1)N1CCC[C@H]1c1nc2ccccc2[nH]1. The Bertz CT molecular complexity index is 745. The number of hydrogen-bond donors (Lipinski definition) is 1. The number of rotatable bonds is 2. The molecule has 3 aromatic rings. The van der Waals surface area contributed by atoms with Crippen molar-refractivity contribution in [2.24, 2.45) is 0 Å². The minimum atomic E-state index is 0.0620. The van der Waals surface area contributed by atoms with E-state index in [0.29, 0.717) is 0 Å². The number of likely N-dealkylation sites (tertiary alicyclic amines) is 1. The molecular weight excluding hydrogens is 282 g/mol. The van der Waals surface area contributed by atoms with Crippen LogP contribution in [0.5, 0.6) is 0 Å². The van der Waals surface area contributed by atoms with Crippen molar-refractivity contribution in [2.45, 2.75) is 18.9 Å². The van der Waals surface area contributed by atoms with Crippen molar-refractivity contribution in [3.63, 3.8) is 0 Å². The van der Waals surface area contributed by atoms with E-state index in [1.807, 2.05) is 46.7 Å². The predicted octanol–water partition coefficient (Wildman–Crippen LogP) is 3.60. The van der Waals surface area contributed by atoms with Gasteiger partial charge in [-0.05, 0) is 36.4 Å². The number of H-pyrrole nitrogens is 1. The summed E-state index contributed by atoms with van der Waals surface area (Å²) < 4.78 is 0. The van der Waals surface area contributed by atoms with E-state index in [-0.39, 0.29) is 11.9 Å². The molecular formula is C16H15N3OS. The minimum Gasteiger partial charge on any atom is -0.340 e. The normalized spacial score (nSPS) is 18.5. The summed E-state index contributed by atoms with van der Waals surface area (Å²) in [5.74, 6) is 1.02. The molecule has 3 heterocycles. The maximum absolute atomic E-state index is 12.6. The molecule has 0 unspecified atom stereocenters. The van der Waals surface area contributed by atoms with Crippen molar-refractivity contribution < 1.29 is 4.79 Å². The van der Waals surface area contributed by atoms with Gasteiger partial charge in [0, 0.05) is 6.54 Å². The first-order valence-electron chi connectivity index (χ1n) is 7.12.